The van der Waals surface area contributed by atoms with Crippen LogP contribution in [-0.2, 0) is 0 Å². The van der Waals surface area contributed by atoms with E-state index >= 15 is 0 Å². The van der Waals surface area contributed by atoms with Crippen LogP contribution in [0.3, 0.4) is 0 Å². The summed E-state index contributed by atoms with van der Waals surface area (Å²) in [5, 5.41) is 4.99. The number of fused-ring (bicyclic) bond motifs is 1. The van der Waals surface area contributed by atoms with Crippen molar-refractivity contribution < 1.29 is 4.79 Å². The van der Waals surface area contributed by atoms with E-state index in [2.05, 4.69) is 21.2 Å². The predicted molar refractivity (Wildman–Crippen MR) is 86.5 cm³/mol. The molecule has 0 radical (unpaired) electrons. The van der Waals surface area contributed by atoms with Crippen molar-refractivity contribution in [1.29, 1.82) is 0 Å². The number of halogens is 1. The average Bonchev–Trinajstić information content (AvgIpc) is 2.95. The van der Waals surface area contributed by atoms with Crippen LogP contribution in [-0.4, -0.2) is 5.91 Å². The van der Waals surface area contributed by atoms with Crippen molar-refractivity contribution in [1.82, 2.24) is 0 Å². The summed E-state index contributed by atoms with van der Waals surface area (Å²) in [6, 6.07) is 9.82. The minimum atomic E-state index is -0.0558. The molecule has 0 aliphatic heterocycles. The molecular weight excluding hydrogens is 342 g/mol. The fourth-order valence-electron chi connectivity index (χ4n) is 1.81. The van der Waals surface area contributed by atoms with Gasteiger partial charge in [0.05, 0.1) is 10.6 Å². The highest BCUT2D eigenvalue weighted by molar-refractivity contribution is 9.10. The van der Waals surface area contributed by atoms with Crippen molar-refractivity contribution in [3.8, 4) is 0 Å². The van der Waals surface area contributed by atoms with Crippen molar-refractivity contribution in [3.05, 3.63) is 50.6 Å². The number of aryl methyl sites for hydroxylation is 1. The summed E-state index contributed by atoms with van der Waals surface area (Å²) in [5.41, 5.74) is 1.91. The van der Waals surface area contributed by atoms with Crippen LogP contribution in [0.1, 0.15) is 15.2 Å². The molecule has 0 fully saturated rings. The summed E-state index contributed by atoms with van der Waals surface area (Å²) < 4.78 is 3.26. The van der Waals surface area contributed by atoms with E-state index < -0.39 is 0 Å². The number of benzene rings is 1. The molecule has 96 valence electrons. The fraction of sp³-hybridized carbons (Fsp3) is 0.0714. The third-order valence-corrected chi connectivity index (χ3v) is 5.95. The standard InChI is InChI=1S/C14H10BrNOS2/c1-8-3-2-4-9(13(8)15)16-14(17)12-7-11-10(19-12)5-6-18-11/h2-7H,1H3,(H,16,17). The van der Waals surface area contributed by atoms with Crippen molar-refractivity contribution in [2.45, 2.75) is 6.92 Å². The lowest BCUT2D eigenvalue weighted by Crippen LogP contribution is -2.10. The number of carbonyl (C=O) groups is 1. The second-order valence-corrected chi connectivity index (χ2v) is 6.97. The molecule has 3 aromatic rings. The van der Waals surface area contributed by atoms with Crippen LogP contribution in [0.15, 0.2) is 40.2 Å². The first-order valence-corrected chi connectivity index (χ1v) is 8.17. The molecule has 0 unspecified atom stereocenters. The summed E-state index contributed by atoms with van der Waals surface area (Å²) in [6.07, 6.45) is 0. The van der Waals surface area contributed by atoms with Crippen molar-refractivity contribution in [3.63, 3.8) is 0 Å². The molecule has 0 atom stereocenters. The van der Waals surface area contributed by atoms with Crippen LogP contribution >= 0.6 is 38.6 Å². The number of rotatable bonds is 2. The van der Waals surface area contributed by atoms with Crippen LogP contribution < -0.4 is 5.32 Å². The molecule has 1 aromatic carbocycles. The lowest BCUT2D eigenvalue weighted by Gasteiger charge is -2.07. The molecule has 2 nitrogen and oxygen atoms in total. The highest BCUT2D eigenvalue weighted by atomic mass is 79.9. The van der Waals surface area contributed by atoms with E-state index in [1.165, 1.54) is 20.7 Å². The second-order valence-electron chi connectivity index (χ2n) is 4.15. The number of hydrogen-bond acceptors (Lipinski definition) is 3. The maximum absolute atomic E-state index is 12.2. The fourth-order valence-corrected chi connectivity index (χ4v) is 4.17. The largest absolute Gasteiger partial charge is 0.320 e. The van der Waals surface area contributed by atoms with Gasteiger partial charge < -0.3 is 5.32 Å². The zero-order valence-corrected chi connectivity index (χ0v) is 13.3. The first-order chi connectivity index (χ1) is 9.15. The number of thiophene rings is 2. The van der Waals surface area contributed by atoms with E-state index in [1.807, 2.05) is 42.6 Å². The van der Waals surface area contributed by atoms with Crippen molar-refractivity contribution >= 4 is 59.6 Å². The van der Waals surface area contributed by atoms with Gasteiger partial charge in [-0.05, 0) is 52.0 Å². The van der Waals surface area contributed by atoms with Crippen LogP contribution in [0.2, 0.25) is 0 Å². The number of anilines is 1. The third-order valence-electron chi connectivity index (χ3n) is 2.80. The molecule has 0 saturated carbocycles. The first-order valence-electron chi connectivity index (χ1n) is 5.68. The molecule has 0 aliphatic carbocycles. The van der Waals surface area contributed by atoms with Crippen LogP contribution in [0.4, 0.5) is 5.69 Å². The number of nitrogens with one attached hydrogen (secondary N) is 1. The molecule has 0 spiro atoms. The van der Waals surface area contributed by atoms with Crippen LogP contribution in [0.5, 0.6) is 0 Å². The summed E-state index contributed by atoms with van der Waals surface area (Å²) in [4.78, 5) is 13.0. The zero-order valence-electron chi connectivity index (χ0n) is 10.1. The number of carbonyl (C=O) groups excluding carboxylic acids is 1. The van der Waals surface area contributed by atoms with Gasteiger partial charge in [0.2, 0.25) is 0 Å². The van der Waals surface area contributed by atoms with Gasteiger partial charge in [0.25, 0.3) is 5.91 Å². The molecule has 5 heteroatoms. The first kappa shape index (κ1) is 12.8. The topological polar surface area (TPSA) is 29.1 Å². The maximum atomic E-state index is 12.2. The van der Waals surface area contributed by atoms with Gasteiger partial charge in [0.1, 0.15) is 0 Å². The molecular formula is C14H10BrNOS2. The molecule has 1 amide bonds. The summed E-state index contributed by atoms with van der Waals surface area (Å²) >= 11 is 6.68. The highest BCUT2D eigenvalue weighted by Crippen LogP contribution is 2.31. The maximum Gasteiger partial charge on any atom is 0.265 e. The van der Waals surface area contributed by atoms with Gasteiger partial charge in [0.15, 0.2) is 0 Å². The Hall–Kier alpha value is -1.17. The van der Waals surface area contributed by atoms with Gasteiger partial charge in [-0.2, -0.15) is 0 Å². The molecule has 0 saturated heterocycles. The molecule has 0 bridgehead atoms. The average molecular weight is 352 g/mol. The Morgan fingerprint density at radius 2 is 2.11 bits per heavy atom. The smallest absolute Gasteiger partial charge is 0.265 e. The normalized spacial score (nSPS) is 10.8. The predicted octanol–water partition coefficient (Wildman–Crippen LogP) is 5.29. The Morgan fingerprint density at radius 3 is 2.89 bits per heavy atom. The lowest BCUT2D eigenvalue weighted by molar-refractivity contribution is 0.103. The monoisotopic (exact) mass is 351 g/mol. The van der Waals surface area contributed by atoms with Gasteiger partial charge in [-0.1, -0.05) is 12.1 Å². The minimum Gasteiger partial charge on any atom is -0.320 e. The lowest BCUT2D eigenvalue weighted by atomic mass is 10.2. The molecule has 3 rings (SSSR count). The van der Waals surface area contributed by atoms with Gasteiger partial charge in [-0.3, -0.25) is 4.79 Å². The van der Waals surface area contributed by atoms with Gasteiger partial charge >= 0.3 is 0 Å². The molecule has 1 N–H and O–H groups in total. The molecule has 2 aromatic heterocycles. The highest BCUT2D eigenvalue weighted by Gasteiger charge is 2.12. The Labute approximate surface area is 127 Å². The Bertz CT molecular complexity index is 731. The van der Waals surface area contributed by atoms with E-state index in [0.717, 1.165) is 20.6 Å². The van der Waals surface area contributed by atoms with Crippen molar-refractivity contribution in [2.24, 2.45) is 0 Å². The van der Waals surface area contributed by atoms with Crippen molar-refractivity contribution in [2.75, 3.05) is 5.32 Å². The summed E-state index contributed by atoms with van der Waals surface area (Å²) in [5.74, 6) is -0.0558. The van der Waals surface area contributed by atoms with Gasteiger partial charge in [-0.15, -0.1) is 22.7 Å². The Kier molecular flexibility index (Phi) is 3.43. The molecule has 0 aliphatic rings. The van der Waals surface area contributed by atoms with E-state index in [1.54, 1.807) is 11.3 Å². The second kappa shape index (κ2) is 5.07. The zero-order chi connectivity index (χ0) is 13.4. The van der Waals surface area contributed by atoms with E-state index in [-0.39, 0.29) is 5.91 Å². The van der Waals surface area contributed by atoms with Gasteiger partial charge in [0, 0.05) is 13.9 Å². The Balaban J connectivity index is 1.89. The SMILES string of the molecule is Cc1cccc(NC(=O)c2cc3sccc3s2)c1Br. The minimum absolute atomic E-state index is 0.0558. The van der Waals surface area contributed by atoms with Crippen LogP contribution in [0.25, 0.3) is 9.40 Å². The molecule has 2 heterocycles. The van der Waals surface area contributed by atoms with Gasteiger partial charge in [-0.25, -0.2) is 0 Å². The Morgan fingerprint density at radius 1 is 1.26 bits per heavy atom. The van der Waals surface area contributed by atoms with E-state index in [0.29, 0.717) is 0 Å². The third kappa shape index (κ3) is 2.45. The molecule has 19 heavy (non-hydrogen) atoms. The summed E-state index contributed by atoms with van der Waals surface area (Å²) in [6.45, 7) is 2.00. The van der Waals surface area contributed by atoms with E-state index in [9.17, 15) is 4.79 Å². The number of amides is 1. The summed E-state index contributed by atoms with van der Waals surface area (Å²) in [7, 11) is 0. The number of hydrogen-bond donors (Lipinski definition) is 1. The quantitative estimate of drug-likeness (QED) is 0.667. The van der Waals surface area contributed by atoms with Crippen LogP contribution in [0, 0.1) is 6.92 Å². The van der Waals surface area contributed by atoms with E-state index in [4.69, 9.17) is 0 Å².